The molecule has 3 aromatic rings. The van der Waals surface area contributed by atoms with Gasteiger partial charge < -0.3 is 0 Å². The molecule has 4 rings (SSSR count). The highest BCUT2D eigenvalue weighted by Crippen LogP contribution is 2.68. The van der Waals surface area contributed by atoms with Gasteiger partial charge in [0.15, 0.2) is 5.78 Å². The Bertz CT molecular complexity index is 1030. The maximum atomic E-state index is 13.7. The zero-order valence-corrected chi connectivity index (χ0v) is 18.1. The molecule has 1 unspecified atom stereocenters. The molecular formula is C27H24O2P+. The summed E-state index contributed by atoms with van der Waals surface area (Å²) in [4.78, 5) is 27.3. The van der Waals surface area contributed by atoms with Gasteiger partial charge in [-0.05, 0) is 68.0 Å². The molecule has 0 bridgehead atoms. The highest BCUT2D eigenvalue weighted by molar-refractivity contribution is 7.98. The molecule has 0 saturated heterocycles. The quantitative estimate of drug-likeness (QED) is 0.461. The van der Waals surface area contributed by atoms with Crippen LogP contribution >= 0.6 is 7.26 Å². The predicted octanol–water partition coefficient (Wildman–Crippen LogP) is 4.39. The van der Waals surface area contributed by atoms with E-state index in [9.17, 15) is 9.59 Å². The van der Waals surface area contributed by atoms with Crippen molar-refractivity contribution in [2.75, 3.05) is 0 Å². The van der Waals surface area contributed by atoms with Crippen LogP contribution in [0.3, 0.4) is 0 Å². The van der Waals surface area contributed by atoms with Crippen molar-refractivity contribution in [3.63, 3.8) is 0 Å². The summed E-state index contributed by atoms with van der Waals surface area (Å²) in [5.41, 5.74) is 0.928. The topological polar surface area (TPSA) is 34.1 Å². The monoisotopic (exact) mass is 411 g/mol. The SMILES string of the molecule is CC(=O)C1([P+](c2ccccc2)(c2ccccc2)c2ccccc2)C=C(C)C=CC1=O. The third-order valence-corrected chi connectivity index (χ3v) is 10.7. The number of carbonyl (C=O) groups excluding carboxylic acids is 2. The minimum atomic E-state index is -2.74. The maximum Gasteiger partial charge on any atom is 0.231 e. The van der Waals surface area contributed by atoms with E-state index in [2.05, 4.69) is 36.4 Å². The predicted molar refractivity (Wildman–Crippen MR) is 126 cm³/mol. The summed E-state index contributed by atoms with van der Waals surface area (Å²) in [5.74, 6) is -0.272. The van der Waals surface area contributed by atoms with Gasteiger partial charge in [-0.25, -0.2) is 0 Å². The molecule has 1 aliphatic rings. The summed E-state index contributed by atoms with van der Waals surface area (Å²) in [6, 6.07) is 30.2. The zero-order chi connectivity index (χ0) is 21.2. The Morgan fingerprint density at radius 2 is 1.10 bits per heavy atom. The Hall–Kier alpha value is -3.09. The number of ketones is 2. The van der Waals surface area contributed by atoms with Crippen LogP contribution in [0.15, 0.2) is 115 Å². The van der Waals surface area contributed by atoms with Crippen molar-refractivity contribution in [1.29, 1.82) is 0 Å². The van der Waals surface area contributed by atoms with E-state index in [0.29, 0.717) is 0 Å². The van der Waals surface area contributed by atoms with Crippen LogP contribution < -0.4 is 15.9 Å². The van der Waals surface area contributed by atoms with Gasteiger partial charge in [0.2, 0.25) is 10.9 Å². The van der Waals surface area contributed by atoms with Gasteiger partial charge in [0.1, 0.15) is 23.2 Å². The summed E-state index contributed by atoms with van der Waals surface area (Å²) in [7, 11) is -2.74. The summed E-state index contributed by atoms with van der Waals surface area (Å²) < 4.78 is 0. The normalized spacial score (nSPS) is 18.7. The second-order valence-electron chi connectivity index (χ2n) is 7.59. The van der Waals surface area contributed by atoms with Gasteiger partial charge in [-0.2, -0.15) is 0 Å². The van der Waals surface area contributed by atoms with Crippen molar-refractivity contribution in [3.8, 4) is 0 Å². The zero-order valence-electron chi connectivity index (χ0n) is 17.2. The van der Waals surface area contributed by atoms with E-state index in [1.54, 1.807) is 19.1 Å². The van der Waals surface area contributed by atoms with Crippen molar-refractivity contribution in [3.05, 3.63) is 115 Å². The Morgan fingerprint density at radius 3 is 1.47 bits per heavy atom. The first-order valence-electron chi connectivity index (χ1n) is 10.0. The van der Waals surface area contributed by atoms with Gasteiger partial charge in [-0.1, -0.05) is 60.7 Å². The molecule has 0 spiro atoms. The second kappa shape index (κ2) is 7.97. The minimum Gasteiger partial charge on any atom is -0.294 e. The van der Waals surface area contributed by atoms with E-state index in [1.807, 2.05) is 67.6 Å². The molecule has 0 N–H and O–H groups in total. The van der Waals surface area contributed by atoms with Gasteiger partial charge in [0, 0.05) is 0 Å². The molecule has 0 aliphatic heterocycles. The van der Waals surface area contributed by atoms with E-state index < -0.39 is 12.4 Å². The van der Waals surface area contributed by atoms with Crippen molar-refractivity contribution in [2.24, 2.45) is 0 Å². The third-order valence-electron chi connectivity index (χ3n) is 5.81. The van der Waals surface area contributed by atoms with Crippen molar-refractivity contribution in [1.82, 2.24) is 0 Å². The molecule has 1 atom stereocenters. The van der Waals surface area contributed by atoms with Crippen molar-refractivity contribution >= 4 is 34.7 Å². The highest BCUT2D eigenvalue weighted by atomic mass is 31.2. The van der Waals surface area contributed by atoms with Crippen molar-refractivity contribution in [2.45, 2.75) is 19.0 Å². The smallest absolute Gasteiger partial charge is 0.231 e. The van der Waals surface area contributed by atoms with E-state index in [0.717, 1.165) is 21.5 Å². The van der Waals surface area contributed by atoms with Gasteiger partial charge in [-0.15, -0.1) is 0 Å². The maximum absolute atomic E-state index is 13.7. The molecule has 0 saturated carbocycles. The fourth-order valence-electron chi connectivity index (χ4n) is 4.57. The standard InChI is InChI=1S/C27H24O2P/c1-21-18-19-26(29)27(20-21,22(2)28)30(23-12-6-3-7-13-23,24-14-8-4-9-15-24)25-16-10-5-11-17-25/h3-20H,1-2H3/q+1. The molecule has 1 aliphatic carbocycles. The van der Waals surface area contributed by atoms with E-state index in [-0.39, 0.29) is 11.6 Å². The van der Waals surface area contributed by atoms with E-state index in [4.69, 9.17) is 0 Å². The summed E-state index contributed by atoms with van der Waals surface area (Å²) in [6.07, 6.45) is 5.30. The molecular weight excluding hydrogens is 387 g/mol. The second-order valence-corrected chi connectivity index (χ2v) is 11.2. The average Bonchev–Trinajstić information content (AvgIpc) is 2.78. The number of carbonyl (C=O) groups is 2. The first-order valence-corrected chi connectivity index (χ1v) is 11.8. The fraction of sp³-hybridized carbons (Fsp3) is 0.111. The van der Waals surface area contributed by atoms with Crippen LogP contribution in [0.4, 0.5) is 0 Å². The Kier molecular flexibility index (Phi) is 5.37. The number of hydrogen-bond acceptors (Lipinski definition) is 2. The molecule has 3 aromatic carbocycles. The molecule has 0 aromatic heterocycles. The lowest BCUT2D eigenvalue weighted by molar-refractivity contribution is -0.125. The lowest BCUT2D eigenvalue weighted by atomic mass is 9.91. The number of benzene rings is 3. The number of rotatable bonds is 5. The summed E-state index contributed by atoms with van der Waals surface area (Å²) in [6.45, 7) is 3.51. The number of hydrogen-bond donors (Lipinski definition) is 0. The van der Waals surface area contributed by atoms with Crippen LogP contribution in [0.1, 0.15) is 13.8 Å². The lowest BCUT2D eigenvalue weighted by Gasteiger charge is -2.41. The molecule has 0 heterocycles. The van der Waals surface area contributed by atoms with Gasteiger partial charge >= 0.3 is 0 Å². The van der Waals surface area contributed by atoms with E-state index >= 15 is 0 Å². The Morgan fingerprint density at radius 1 is 0.700 bits per heavy atom. The van der Waals surface area contributed by atoms with Crippen molar-refractivity contribution < 1.29 is 9.59 Å². The summed E-state index contributed by atoms with van der Waals surface area (Å²) in [5, 5.41) is 1.77. The van der Waals surface area contributed by atoms with Crippen LogP contribution in [-0.4, -0.2) is 16.7 Å². The molecule has 2 nitrogen and oxygen atoms in total. The van der Waals surface area contributed by atoms with Crippen LogP contribution in [0.2, 0.25) is 0 Å². The van der Waals surface area contributed by atoms with Gasteiger partial charge in [0.05, 0.1) is 0 Å². The fourth-order valence-corrected chi connectivity index (χ4v) is 9.82. The summed E-state index contributed by atoms with van der Waals surface area (Å²) >= 11 is 0. The average molecular weight is 411 g/mol. The highest BCUT2D eigenvalue weighted by Gasteiger charge is 2.68. The molecule has 3 heteroatoms. The van der Waals surface area contributed by atoms with Crippen LogP contribution in [0.5, 0.6) is 0 Å². The Labute approximate surface area is 178 Å². The minimum absolute atomic E-state index is 0.124. The first kappa shape index (κ1) is 20.2. The van der Waals surface area contributed by atoms with Crippen LogP contribution in [-0.2, 0) is 9.59 Å². The third kappa shape index (κ3) is 2.91. The van der Waals surface area contributed by atoms with Gasteiger partial charge in [0.25, 0.3) is 0 Å². The van der Waals surface area contributed by atoms with E-state index in [1.165, 1.54) is 0 Å². The molecule has 148 valence electrons. The first-order chi connectivity index (χ1) is 14.5. The largest absolute Gasteiger partial charge is 0.294 e. The Balaban J connectivity index is 2.25. The lowest BCUT2D eigenvalue weighted by Crippen LogP contribution is -2.55. The molecule has 0 amide bonds. The van der Waals surface area contributed by atoms with Gasteiger partial charge in [-0.3, -0.25) is 9.59 Å². The molecule has 0 radical (unpaired) electrons. The molecule has 0 fully saturated rings. The van der Waals surface area contributed by atoms with Crippen LogP contribution in [0, 0.1) is 0 Å². The number of allylic oxidation sites excluding steroid dienone is 4. The number of Topliss-reactive ketones (excluding diaryl/α,β-unsaturated/α-hetero) is 1. The molecule has 30 heavy (non-hydrogen) atoms. The van der Waals surface area contributed by atoms with Crippen LogP contribution in [0.25, 0.3) is 0 Å².